The van der Waals surface area contributed by atoms with Crippen LogP contribution in [0.4, 0.5) is 11.4 Å². The molecule has 0 bridgehead atoms. The van der Waals surface area contributed by atoms with E-state index in [1.807, 2.05) is 12.1 Å². The van der Waals surface area contributed by atoms with Crippen molar-refractivity contribution < 1.29 is 4.92 Å². The van der Waals surface area contributed by atoms with Gasteiger partial charge in [-0.1, -0.05) is 18.2 Å². The Morgan fingerprint density at radius 3 is 2.90 bits per heavy atom. The number of rotatable bonds is 3. The van der Waals surface area contributed by atoms with Gasteiger partial charge in [0, 0.05) is 26.8 Å². The maximum Gasteiger partial charge on any atom is 0.274 e. The molecule has 0 saturated carbocycles. The number of fused-ring (bicyclic) bond motifs is 1. The van der Waals surface area contributed by atoms with Crippen LogP contribution in [0.1, 0.15) is 17.2 Å². The second-order valence-corrected chi connectivity index (χ2v) is 6.84. The Balaban J connectivity index is 1.93. The maximum absolute atomic E-state index is 11.1. The first-order chi connectivity index (χ1) is 10.1. The van der Waals surface area contributed by atoms with Crippen LogP contribution < -0.4 is 5.32 Å². The molecule has 0 amide bonds. The molecule has 2 aromatic rings. The lowest BCUT2D eigenvalue weighted by atomic mass is 10.1. The Bertz CT molecular complexity index is 721. The van der Waals surface area contributed by atoms with Gasteiger partial charge in [0.15, 0.2) is 0 Å². The maximum atomic E-state index is 11.1. The highest BCUT2D eigenvalue weighted by atomic mass is 79.9. The van der Waals surface area contributed by atoms with Gasteiger partial charge in [0.1, 0.15) is 0 Å². The van der Waals surface area contributed by atoms with Crippen LogP contribution in [0, 0.1) is 17.0 Å². The average Bonchev–Trinajstić information content (AvgIpc) is 2.85. The standard InChI is InChI=1S/C15H13BrN2O2S/c1-9-6-11(16)12(7-14(9)18(19)20)17-13-8-21-15-5-3-2-4-10(13)15/h2-7,13,17H,8H2,1H3. The number of nitrogens with one attached hydrogen (secondary N) is 1. The van der Waals surface area contributed by atoms with Gasteiger partial charge < -0.3 is 5.32 Å². The Kier molecular flexibility index (Phi) is 3.91. The Morgan fingerprint density at radius 2 is 2.14 bits per heavy atom. The van der Waals surface area contributed by atoms with E-state index in [1.54, 1.807) is 30.8 Å². The minimum absolute atomic E-state index is 0.139. The Hall–Kier alpha value is -1.53. The smallest absolute Gasteiger partial charge is 0.274 e. The summed E-state index contributed by atoms with van der Waals surface area (Å²) < 4.78 is 0.847. The van der Waals surface area contributed by atoms with Crippen molar-refractivity contribution in [2.45, 2.75) is 17.9 Å². The van der Waals surface area contributed by atoms with Gasteiger partial charge in [0.25, 0.3) is 5.69 Å². The molecule has 1 unspecified atom stereocenters. The molecular weight excluding hydrogens is 352 g/mol. The monoisotopic (exact) mass is 364 g/mol. The normalized spacial score (nSPS) is 16.6. The zero-order chi connectivity index (χ0) is 15.0. The first-order valence-corrected chi connectivity index (χ1v) is 8.27. The number of halogens is 1. The molecule has 1 heterocycles. The van der Waals surface area contributed by atoms with E-state index in [1.165, 1.54) is 10.5 Å². The zero-order valence-corrected chi connectivity index (χ0v) is 13.7. The van der Waals surface area contributed by atoms with E-state index in [2.05, 4.69) is 33.4 Å². The van der Waals surface area contributed by atoms with E-state index in [4.69, 9.17) is 0 Å². The molecular formula is C15H13BrN2O2S. The fourth-order valence-electron chi connectivity index (χ4n) is 2.44. The summed E-state index contributed by atoms with van der Waals surface area (Å²) >= 11 is 5.29. The molecule has 1 N–H and O–H groups in total. The molecule has 1 atom stereocenters. The van der Waals surface area contributed by atoms with Crippen molar-refractivity contribution in [1.82, 2.24) is 0 Å². The predicted molar refractivity (Wildman–Crippen MR) is 89.1 cm³/mol. The summed E-state index contributed by atoms with van der Waals surface area (Å²) in [5.41, 5.74) is 2.80. The van der Waals surface area contributed by atoms with E-state index in [0.29, 0.717) is 5.56 Å². The third-order valence-corrected chi connectivity index (χ3v) is 5.35. The molecule has 108 valence electrons. The number of hydrogen-bond donors (Lipinski definition) is 1. The van der Waals surface area contributed by atoms with Crippen molar-refractivity contribution >= 4 is 39.1 Å². The van der Waals surface area contributed by atoms with Gasteiger partial charge in [0.2, 0.25) is 0 Å². The summed E-state index contributed by atoms with van der Waals surface area (Å²) in [5, 5.41) is 14.5. The van der Waals surface area contributed by atoms with Crippen LogP contribution in [0.5, 0.6) is 0 Å². The largest absolute Gasteiger partial charge is 0.376 e. The van der Waals surface area contributed by atoms with Crippen molar-refractivity contribution in [3.63, 3.8) is 0 Å². The van der Waals surface area contributed by atoms with E-state index in [9.17, 15) is 10.1 Å². The number of nitro groups is 1. The van der Waals surface area contributed by atoms with Crippen molar-refractivity contribution in [1.29, 1.82) is 0 Å². The highest BCUT2D eigenvalue weighted by Crippen LogP contribution is 2.41. The highest BCUT2D eigenvalue weighted by Gasteiger charge is 2.24. The van der Waals surface area contributed by atoms with Crippen LogP contribution in [0.2, 0.25) is 0 Å². The number of anilines is 1. The second kappa shape index (κ2) is 5.69. The zero-order valence-electron chi connectivity index (χ0n) is 11.3. The van der Waals surface area contributed by atoms with Crippen LogP contribution in [-0.4, -0.2) is 10.7 Å². The van der Waals surface area contributed by atoms with E-state index < -0.39 is 0 Å². The molecule has 4 nitrogen and oxygen atoms in total. The molecule has 0 fully saturated rings. The number of benzene rings is 2. The summed E-state index contributed by atoms with van der Waals surface area (Å²) in [6.07, 6.45) is 0. The average molecular weight is 365 g/mol. The third-order valence-electron chi connectivity index (χ3n) is 3.51. The molecule has 0 aromatic heterocycles. The van der Waals surface area contributed by atoms with E-state index in [-0.39, 0.29) is 16.7 Å². The lowest BCUT2D eigenvalue weighted by Crippen LogP contribution is -2.10. The van der Waals surface area contributed by atoms with Gasteiger partial charge in [-0.25, -0.2) is 0 Å². The van der Waals surface area contributed by atoms with Crippen LogP contribution >= 0.6 is 27.7 Å². The molecule has 1 aliphatic heterocycles. The van der Waals surface area contributed by atoms with E-state index in [0.717, 1.165) is 15.9 Å². The second-order valence-electron chi connectivity index (χ2n) is 4.92. The van der Waals surface area contributed by atoms with Gasteiger partial charge in [-0.05, 0) is 40.5 Å². The van der Waals surface area contributed by atoms with Crippen LogP contribution in [0.25, 0.3) is 0 Å². The van der Waals surface area contributed by atoms with Gasteiger partial charge in [-0.2, -0.15) is 0 Å². The topological polar surface area (TPSA) is 55.2 Å². The molecule has 3 rings (SSSR count). The Labute approximate surface area is 135 Å². The molecule has 0 radical (unpaired) electrons. The molecule has 0 saturated heterocycles. The first kappa shape index (κ1) is 14.4. The van der Waals surface area contributed by atoms with Gasteiger partial charge in [-0.3, -0.25) is 10.1 Å². The molecule has 1 aliphatic rings. The van der Waals surface area contributed by atoms with Crippen LogP contribution in [0.15, 0.2) is 45.8 Å². The quantitative estimate of drug-likeness (QED) is 0.619. The van der Waals surface area contributed by atoms with Crippen molar-refractivity contribution in [2.75, 3.05) is 11.1 Å². The molecule has 0 spiro atoms. The van der Waals surface area contributed by atoms with Crippen LogP contribution in [0.3, 0.4) is 0 Å². The fraction of sp³-hybridized carbons (Fsp3) is 0.200. The van der Waals surface area contributed by atoms with Crippen molar-refractivity contribution in [3.8, 4) is 0 Å². The highest BCUT2D eigenvalue weighted by molar-refractivity contribution is 9.10. The van der Waals surface area contributed by atoms with Gasteiger partial charge in [0.05, 0.1) is 16.7 Å². The number of hydrogen-bond acceptors (Lipinski definition) is 4. The fourth-order valence-corrected chi connectivity index (χ4v) is 4.17. The number of nitro benzene ring substituents is 1. The summed E-state index contributed by atoms with van der Waals surface area (Å²) in [6, 6.07) is 11.8. The summed E-state index contributed by atoms with van der Waals surface area (Å²) in [6.45, 7) is 1.74. The predicted octanol–water partition coefficient (Wildman–Crippen LogP) is 4.92. The van der Waals surface area contributed by atoms with Gasteiger partial charge in [-0.15, -0.1) is 11.8 Å². The molecule has 6 heteroatoms. The van der Waals surface area contributed by atoms with Crippen LogP contribution in [-0.2, 0) is 0 Å². The summed E-state index contributed by atoms with van der Waals surface area (Å²) in [4.78, 5) is 12.0. The number of aryl methyl sites for hydroxylation is 1. The minimum Gasteiger partial charge on any atom is -0.376 e. The minimum atomic E-state index is -0.343. The lowest BCUT2D eigenvalue weighted by Gasteiger charge is -2.16. The molecule has 21 heavy (non-hydrogen) atoms. The Morgan fingerprint density at radius 1 is 1.38 bits per heavy atom. The first-order valence-electron chi connectivity index (χ1n) is 6.49. The number of thioether (sulfide) groups is 1. The van der Waals surface area contributed by atoms with E-state index >= 15 is 0 Å². The SMILES string of the molecule is Cc1cc(Br)c(NC2CSc3ccccc32)cc1[N+](=O)[O-]. The van der Waals surface area contributed by atoms with Gasteiger partial charge >= 0.3 is 0 Å². The summed E-state index contributed by atoms with van der Waals surface area (Å²) in [7, 11) is 0. The molecule has 0 aliphatic carbocycles. The third kappa shape index (κ3) is 2.78. The number of nitrogens with zero attached hydrogens (tertiary/aromatic N) is 1. The lowest BCUT2D eigenvalue weighted by molar-refractivity contribution is -0.385. The van der Waals surface area contributed by atoms with Crippen molar-refractivity contribution in [2.24, 2.45) is 0 Å². The van der Waals surface area contributed by atoms with Crippen molar-refractivity contribution in [3.05, 3.63) is 62.1 Å². The summed E-state index contributed by atoms with van der Waals surface area (Å²) in [5.74, 6) is 0.924. The molecule has 2 aromatic carbocycles.